The van der Waals surface area contributed by atoms with Crippen LogP contribution in [0.1, 0.15) is 35.6 Å². The molecule has 0 atom stereocenters. The molecule has 4 aromatic carbocycles. The predicted octanol–water partition coefficient (Wildman–Crippen LogP) is 8.38. The van der Waals surface area contributed by atoms with E-state index < -0.39 is 46.7 Å². The van der Waals surface area contributed by atoms with E-state index in [0.29, 0.717) is 40.5 Å². The highest BCUT2D eigenvalue weighted by Gasteiger charge is 2.72. The highest BCUT2D eigenvalue weighted by molar-refractivity contribution is 6.26. The van der Waals surface area contributed by atoms with Crippen molar-refractivity contribution >= 4 is 40.6 Å². The zero-order valence-electron chi connectivity index (χ0n) is 26.5. The largest absolute Gasteiger partial charge is 0.411 e. The van der Waals surface area contributed by atoms with E-state index in [4.69, 9.17) is 0 Å². The van der Waals surface area contributed by atoms with E-state index >= 15 is 0 Å². The molecule has 0 spiro atoms. The molecule has 1 heterocycles. The first-order chi connectivity index (χ1) is 23.2. The summed E-state index contributed by atoms with van der Waals surface area (Å²) >= 11 is 0. The van der Waals surface area contributed by atoms with Crippen molar-refractivity contribution in [3.63, 3.8) is 0 Å². The second-order valence-corrected chi connectivity index (χ2v) is 11.7. The summed E-state index contributed by atoms with van der Waals surface area (Å²) in [7, 11) is 0. The molecule has 1 aliphatic rings. The Morgan fingerprint density at radius 2 is 1.22 bits per heavy atom. The van der Waals surface area contributed by atoms with E-state index in [1.807, 2.05) is 19.1 Å². The highest BCUT2D eigenvalue weighted by atomic mass is 19.4. The van der Waals surface area contributed by atoms with Crippen LogP contribution < -0.4 is 20.4 Å². The molecule has 4 aromatic rings. The summed E-state index contributed by atoms with van der Waals surface area (Å²) in [5, 5.41) is 5.38. The van der Waals surface area contributed by atoms with Gasteiger partial charge in [0.05, 0.1) is 12.2 Å². The van der Waals surface area contributed by atoms with E-state index in [-0.39, 0.29) is 24.5 Å². The Morgan fingerprint density at radius 1 is 0.714 bits per heavy atom. The van der Waals surface area contributed by atoms with Crippen LogP contribution in [0.15, 0.2) is 97.1 Å². The average Bonchev–Trinajstić information content (AvgIpc) is 3.34. The number of carbonyl (C=O) groups excluding carboxylic acids is 3. The van der Waals surface area contributed by atoms with Crippen molar-refractivity contribution in [3.05, 3.63) is 119 Å². The van der Waals surface area contributed by atoms with Crippen LogP contribution in [-0.2, 0) is 21.4 Å². The quantitative estimate of drug-likeness (QED) is 0.130. The summed E-state index contributed by atoms with van der Waals surface area (Å²) in [6.45, 7) is 3.33. The molecule has 1 saturated heterocycles. The molecule has 13 heteroatoms. The number of imide groups is 1. The lowest BCUT2D eigenvalue weighted by atomic mass is 9.73. The molecule has 2 N–H and O–H groups in total. The number of nitrogens with one attached hydrogen (secondary N) is 2. The molecule has 0 aromatic heterocycles. The standard InChI is InChI=1S/C36H32F6N4O3/c1-3-4-24-7-13-27(14-8-24)43-21-31(47)44-28-15-9-25(10-16-28)34(35(37,38)39,36(40,41)42)26-11-19-30(20-12-26)46-32(48)22-45(33(46)49)29-17-5-23(2)6-18-29/h5-20,43H,3-4,21-22H2,1-2H3,(H,44,47). The second-order valence-electron chi connectivity index (χ2n) is 11.7. The monoisotopic (exact) mass is 682 g/mol. The van der Waals surface area contributed by atoms with E-state index in [2.05, 4.69) is 17.6 Å². The van der Waals surface area contributed by atoms with Crippen molar-refractivity contribution in [2.75, 3.05) is 33.5 Å². The molecule has 5 rings (SSSR count). The molecule has 256 valence electrons. The molecule has 0 aliphatic carbocycles. The summed E-state index contributed by atoms with van der Waals surface area (Å²) in [6.07, 6.45) is -9.85. The number of anilines is 4. The molecular weight excluding hydrogens is 650 g/mol. The van der Waals surface area contributed by atoms with E-state index in [9.17, 15) is 40.7 Å². The van der Waals surface area contributed by atoms with Crippen LogP contribution >= 0.6 is 0 Å². The molecule has 4 amide bonds. The third kappa shape index (κ3) is 6.96. The van der Waals surface area contributed by atoms with E-state index in [1.54, 1.807) is 36.4 Å². The van der Waals surface area contributed by atoms with Gasteiger partial charge in [-0.25, -0.2) is 9.69 Å². The van der Waals surface area contributed by atoms with Gasteiger partial charge in [0.25, 0.3) is 5.91 Å². The predicted molar refractivity (Wildman–Crippen MR) is 175 cm³/mol. The van der Waals surface area contributed by atoms with Gasteiger partial charge in [-0.15, -0.1) is 0 Å². The molecule has 1 aliphatic heterocycles. The van der Waals surface area contributed by atoms with Gasteiger partial charge in [-0.05, 0) is 78.6 Å². The topological polar surface area (TPSA) is 81.8 Å². The third-order valence-corrected chi connectivity index (χ3v) is 8.27. The second kappa shape index (κ2) is 13.7. The number of halogens is 6. The molecule has 0 unspecified atom stereocenters. The minimum Gasteiger partial charge on any atom is -0.376 e. The normalized spacial score (nSPS) is 14.0. The maximum Gasteiger partial charge on any atom is 0.411 e. The number of aryl methyl sites for hydroxylation is 2. The van der Waals surface area contributed by atoms with Crippen LogP contribution in [0.4, 0.5) is 53.9 Å². The molecule has 1 fully saturated rings. The van der Waals surface area contributed by atoms with Gasteiger partial charge >= 0.3 is 18.4 Å². The van der Waals surface area contributed by atoms with Gasteiger partial charge in [-0.2, -0.15) is 26.3 Å². The van der Waals surface area contributed by atoms with E-state index in [1.165, 1.54) is 0 Å². The highest BCUT2D eigenvalue weighted by Crippen LogP contribution is 2.56. The first-order valence-corrected chi connectivity index (χ1v) is 15.3. The van der Waals surface area contributed by atoms with Crippen molar-refractivity contribution < 1.29 is 40.7 Å². The zero-order valence-corrected chi connectivity index (χ0v) is 26.5. The van der Waals surface area contributed by atoms with Gasteiger partial charge in [-0.3, -0.25) is 14.5 Å². The van der Waals surface area contributed by atoms with Crippen molar-refractivity contribution in [2.24, 2.45) is 0 Å². The van der Waals surface area contributed by atoms with Crippen molar-refractivity contribution in [1.29, 1.82) is 0 Å². The lowest BCUT2D eigenvalue weighted by Crippen LogP contribution is -2.54. The number of rotatable bonds is 10. The van der Waals surface area contributed by atoms with Gasteiger partial charge < -0.3 is 10.6 Å². The molecule has 0 saturated carbocycles. The summed E-state index contributed by atoms with van der Waals surface area (Å²) in [4.78, 5) is 40.3. The van der Waals surface area contributed by atoms with E-state index in [0.717, 1.165) is 53.1 Å². The number of nitrogens with zero attached hydrogens (tertiary/aromatic N) is 2. The van der Waals surface area contributed by atoms with Gasteiger partial charge in [0.2, 0.25) is 11.3 Å². The minimum absolute atomic E-state index is 0.00775. The molecule has 0 radical (unpaired) electrons. The minimum atomic E-state index is -5.87. The molecule has 0 bridgehead atoms. The van der Waals surface area contributed by atoms with Gasteiger partial charge in [0, 0.05) is 17.1 Å². The van der Waals surface area contributed by atoms with Crippen LogP contribution in [0, 0.1) is 6.92 Å². The van der Waals surface area contributed by atoms with Crippen LogP contribution in [0.25, 0.3) is 0 Å². The first-order valence-electron chi connectivity index (χ1n) is 15.3. The number of hydrogen-bond donors (Lipinski definition) is 2. The third-order valence-electron chi connectivity index (χ3n) is 8.27. The smallest absolute Gasteiger partial charge is 0.376 e. The van der Waals surface area contributed by atoms with Crippen LogP contribution in [-0.4, -0.2) is 43.3 Å². The number of benzene rings is 4. The Hall–Kier alpha value is -5.33. The van der Waals surface area contributed by atoms with Crippen molar-refractivity contribution in [3.8, 4) is 0 Å². The fraction of sp³-hybridized carbons (Fsp3) is 0.250. The lowest BCUT2D eigenvalue weighted by Gasteiger charge is -2.38. The molecular formula is C36H32F6N4O3. The number of carbonyl (C=O) groups is 3. The number of alkyl halides is 6. The van der Waals surface area contributed by atoms with Crippen LogP contribution in [0.3, 0.4) is 0 Å². The van der Waals surface area contributed by atoms with Crippen molar-refractivity contribution in [2.45, 2.75) is 44.5 Å². The summed E-state index contributed by atoms with van der Waals surface area (Å²) < 4.78 is 88.5. The molecule has 49 heavy (non-hydrogen) atoms. The fourth-order valence-corrected chi connectivity index (χ4v) is 5.79. The first kappa shape index (κ1) is 35.0. The van der Waals surface area contributed by atoms with Gasteiger partial charge in [0.15, 0.2) is 0 Å². The number of hydrogen-bond acceptors (Lipinski definition) is 4. The van der Waals surface area contributed by atoms with Gasteiger partial charge in [0.1, 0.15) is 6.54 Å². The Balaban J connectivity index is 1.37. The van der Waals surface area contributed by atoms with Crippen LogP contribution in [0.5, 0.6) is 0 Å². The van der Waals surface area contributed by atoms with Gasteiger partial charge in [-0.1, -0.05) is 67.4 Å². The Labute approximate surface area is 278 Å². The van der Waals surface area contributed by atoms with Crippen molar-refractivity contribution in [1.82, 2.24) is 0 Å². The number of amides is 4. The summed E-state index contributed by atoms with van der Waals surface area (Å²) in [6, 6.07) is 19.6. The SMILES string of the molecule is CCCc1ccc(NCC(=O)Nc2ccc(C(c3ccc(N4C(=O)CN(c5ccc(C)cc5)C4=O)cc3)(C(F)(F)F)C(F)(F)F)cc2)cc1. The number of urea groups is 1. The molecule has 7 nitrogen and oxygen atoms in total. The van der Waals surface area contributed by atoms with Crippen LogP contribution in [0.2, 0.25) is 0 Å². The maximum atomic E-state index is 14.8. The lowest BCUT2D eigenvalue weighted by molar-refractivity contribution is -0.288. The maximum absolute atomic E-state index is 14.8. The average molecular weight is 683 g/mol. The zero-order chi connectivity index (χ0) is 35.6. The Morgan fingerprint density at radius 3 is 1.76 bits per heavy atom. The fourth-order valence-electron chi connectivity index (χ4n) is 5.79. The Bertz CT molecular complexity index is 1790. The Kier molecular flexibility index (Phi) is 9.75. The summed E-state index contributed by atoms with van der Waals surface area (Å²) in [5.41, 5.74) is -3.87. The summed E-state index contributed by atoms with van der Waals surface area (Å²) in [5.74, 6) is -1.26.